The average Bonchev–Trinajstić information content (AvgIpc) is 2.42. The second-order valence-electron chi connectivity index (χ2n) is 5.52. The molecule has 0 spiro atoms. The standard InChI is InChI=1S/C17H29NOS/c1-7-10-18-16(11-20-12(2)3)15-9-8-13(4)14(5)17(15)19-6/h8-9,12,16,18H,7,10-11H2,1-6H3. The molecule has 1 unspecified atom stereocenters. The molecule has 0 saturated heterocycles. The molecule has 1 rings (SSSR count). The van der Waals surface area contributed by atoms with E-state index in [-0.39, 0.29) is 0 Å². The molecule has 0 aliphatic heterocycles. The zero-order valence-electron chi connectivity index (χ0n) is 13.7. The Labute approximate surface area is 128 Å². The average molecular weight is 295 g/mol. The van der Waals surface area contributed by atoms with E-state index in [1.54, 1.807) is 7.11 Å². The van der Waals surface area contributed by atoms with Gasteiger partial charge in [0.05, 0.1) is 7.11 Å². The number of methoxy groups -OCH3 is 1. The minimum absolute atomic E-state index is 0.358. The number of aryl methyl sites for hydroxylation is 1. The third-order valence-electron chi connectivity index (χ3n) is 3.52. The van der Waals surface area contributed by atoms with Gasteiger partial charge in [-0.05, 0) is 43.2 Å². The van der Waals surface area contributed by atoms with Crippen molar-refractivity contribution < 1.29 is 4.74 Å². The fourth-order valence-corrected chi connectivity index (χ4v) is 3.10. The summed E-state index contributed by atoms with van der Waals surface area (Å²) in [6, 6.07) is 4.78. The summed E-state index contributed by atoms with van der Waals surface area (Å²) in [6.45, 7) is 12.0. The van der Waals surface area contributed by atoms with E-state index in [9.17, 15) is 0 Å². The van der Waals surface area contributed by atoms with Crippen molar-refractivity contribution in [3.05, 3.63) is 28.8 Å². The summed E-state index contributed by atoms with van der Waals surface area (Å²) in [5, 5.41) is 4.31. The molecule has 0 saturated carbocycles. The summed E-state index contributed by atoms with van der Waals surface area (Å²) in [6.07, 6.45) is 1.15. The maximum absolute atomic E-state index is 5.68. The van der Waals surface area contributed by atoms with Crippen molar-refractivity contribution in [3.8, 4) is 5.75 Å². The van der Waals surface area contributed by atoms with Gasteiger partial charge in [-0.25, -0.2) is 0 Å². The highest BCUT2D eigenvalue weighted by atomic mass is 32.2. The molecule has 1 atom stereocenters. The Balaban J connectivity index is 3.02. The van der Waals surface area contributed by atoms with Crippen LogP contribution in [0.25, 0.3) is 0 Å². The Morgan fingerprint density at radius 2 is 1.95 bits per heavy atom. The number of ether oxygens (including phenoxy) is 1. The van der Waals surface area contributed by atoms with Gasteiger partial charge in [-0.3, -0.25) is 0 Å². The first kappa shape index (κ1) is 17.4. The van der Waals surface area contributed by atoms with E-state index in [4.69, 9.17) is 4.74 Å². The number of hydrogen-bond acceptors (Lipinski definition) is 3. The first-order valence-electron chi connectivity index (χ1n) is 7.50. The molecule has 0 aliphatic rings. The molecule has 2 nitrogen and oxygen atoms in total. The summed E-state index contributed by atoms with van der Waals surface area (Å²) < 4.78 is 5.68. The topological polar surface area (TPSA) is 21.3 Å². The van der Waals surface area contributed by atoms with Crippen LogP contribution in [0.5, 0.6) is 5.75 Å². The van der Waals surface area contributed by atoms with Crippen LogP contribution >= 0.6 is 11.8 Å². The molecule has 0 amide bonds. The first-order chi connectivity index (χ1) is 9.51. The fraction of sp³-hybridized carbons (Fsp3) is 0.647. The number of thioether (sulfide) groups is 1. The Bertz CT molecular complexity index is 418. The molecular weight excluding hydrogens is 266 g/mol. The minimum Gasteiger partial charge on any atom is -0.496 e. The Hall–Kier alpha value is -0.670. The molecule has 0 bridgehead atoms. The lowest BCUT2D eigenvalue weighted by Gasteiger charge is -2.23. The molecule has 0 fully saturated rings. The predicted octanol–water partition coefficient (Wildman–Crippen LogP) is 4.49. The molecule has 0 heterocycles. The summed E-state index contributed by atoms with van der Waals surface area (Å²) in [5.74, 6) is 2.12. The van der Waals surface area contributed by atoms with Crippen molar-refractivity contribution in [3.63, 3.8) is 0 Å². The van der Waals surface area contributed by atoms with E-state index in [0.717, 1.165) is 24.5 Å². The molecule has 1 aromatic rings. The van der Waals surface area contributed by atoms with Crippen molar-refractivity contribution in [2.24, 2.45) is 0 Å². The fourth-order valence-electron chi connectivity index (χ4n) is 2.22. The van der Waals surface area contributed by atoms with E-state index < -0.39 is 0 Å². The summed E-state index contributed by atoms with van der Waals surface area (Å²) >= 11 is 2.00. The van der Waals surface area contributed by atoms with E-state index in [1.165, 1.54) is 16.7 Å². The van der Waals surface area contributed by atoms with Crippen LogP contribution in [-0.2, 0) is 0 Å². The van der Waals surface area contributed by atoms with Crippen LogP contribution in [0.3, 0.4) is 0 Å². The van der Waals surface area contributed by atoms with Gasteiger partial charge in [0.25, 0.3) is 0 Å². The molecule has 3 heteroatoms. The van der Waals surface area contributed by atoms with Gasteiger partial charge in [0.1, 0.15) is 5.75 Å². The Morgan fingerprint density at radius 3 is 2.50 bits per heavy atom. The van der Waals surface area contributed by atoms with Gasteiger partial charge in [0.2, 0.25) is 0 Å². The lowest BCUT2D eigenvalue weighted by molar-refractivity contribution is 0.398. The van der Waals surface area contributed by atoms with Crippen LogP contribution in [0, 0.1) is 13.8 Å². The number of nitrogens with one attached hydrogen (secondary N) is 1. The third kappa shape index (κ3) is 4.71. The van der Waals surface area contributed by atoms with Gasteiger partial charge in [-0.1, -0.05) is 32.9 Å². The zero-order chi connectivity index (χ0) is 15.1. The van der Waals surface area contributed by atoms with Crippen molar-refractivity contribution >= 4 is 11.8 Å². The molecule has 0 aliphatic carbocycles. The highest BCUT2D eigenvalue weighted by Gasteiger charge is 2.18. The third-order valence-corrected chi connectivity index (χ3v) is 4.72. The summed E-state index contributed by atoms with van der Waals surface area (Å²) in [7, 11) is 1.78. The van der Waals surface area contributed by atoms with Gasteiger partial charge >= 0.3 is 0 Å². The summed E-state index contributed by atoms with van der Waals surface area (Å²) in [4.78, 5) is 0. The Morgan fingerprint density at radius 1 is 1.25 bits per heavy atom. The molecule has 114 valence electrons. The van der Waals surface area contributed by atoms with Crippen LogP contribution in [0.1, 0.15) is 49.9 Å². The van der Waals surface area contributed by atoms with Crippen LogP contribution < -0.4 is 10.1 Å². The Kier molecular flexibility index (Phi) is 7.46. The molecule has 20 heavy (non-hydrogen) atoms. The minimum atomic E-state index is 0.358. The predicted molar refractivity (Wildman–Crippen MR) is 91.1 cm³/mol. The van der Waals surface area contributed by atoms with E-state index in [1.807, 2.05) is 11.8 Å². The van der Waals surface area contributed by atoms with E-state index in [0.29, 0.717) is 11.3 Å². The van der Waals surface area contributed by atoms with Crippen molar-refractivity contribution in [2.45, 2.75) is 52.3 Å². The molecular formula is C17H29NOS. The van der Waals surface area contributed by atoms with E-state index >= 15 is 0 Å². The zero-order valence-corrected chi connectivity index (χ0v) is 14.6. The van der Waals surface area contributed by atoms with Crippen LogP contribution in [0.15, 0.2) is 12.1 Å². The molecule has 0 aromatic heterocycles. The molecule has 1 N–H and O–H groups in total. The first-order valence-corrected chi connectivity index (χ1v) is 8.55. The van der Waals surface area contributed by atoms with E-state index in [2.05, 4.69) is 52.1 Å². The van der Waals surface area contributed by atoms with Gasteiger partial charge in [0, 0.05) is 17.4 Å². The number of rotatable bonds is 8. The SMILES string of the molecule is CCCNC(CSC(C)C)c1ccc(C)c(C)c1OC. The quantitative estimate of drug-likeness (QED) is 0.763. The second-order valence-corrected chi connectivity index (χ2v) is 7.13. The van der Waals surface area contributed by atoms with Gasteiger partial charge < -0.3 is 10.1 Å². The highest BCUT2D eigenvalue weighted by molar-refractivity contribution is 7.99. The maximum atomic E-state index is 5.68. The van der Waals surface area contributed by atoms with Crippen molar-refractivity contribution in [1.82, 2.24) is 5.32 Å². The monoisotopic (exact) mass is 295 g/mol. The lowest BCUT2D eigenvalue weighted by atomic mass is 10.00. The van der Waals surface area contributed by atoms with Crippen LogP contribution in [0.2, 0.25) is 0 Å². The lowest BCUT2D eigenvalue weighted by Crippen LogP contribution is -2.25. The highest BCUT2D eigenvalue weighted by Crippen LogP contribution is 2.33. The van der Waals surface area contributed by atoms with Gasteiger partial charge in [0.15, 0.2) is 0 Å². The van der Waals surface area contributed by atoms with Crippen molar-refractivity contribution in [1.29, 1.82) is 0 Å². The number of benzene rings is 1. The second kappa shape index (κ2) is 8.58. The largest absolute Gasteiger partial charge is 0.496 e. The van der Waals surface area contributed by atoms with Crippen LogP contribution in [0.4, 0.5) is 0 Å². The van der Waals surface area contributed by atoms with Crippen LogP contribution in [-0.4, -0.2) is 24.7 Å². The molecule has 0 radical (unpaired) electrons. The van der Waals surface area contributed by atoms with Crippen molar-refractivity contribution in [2.75, 3.05) is 19.4 Å². The maximum Gasteiger partial charge on any atom is 0.126 e. The number of hydrogen-bond donors (Lipinski definition) is 1. The van der Waals surface area contributed by atoms with Gasteiger partial charge in [-0.15, -0.1) is 0 Å². The summed E-state index contributed by atoms with van der Waals surface area (Å²) in [5.41, 5.74) is 3.83. The van der Waals surface area contributed by atoms with Gasteiger partial charge in [-0.2, -0.15) is 11.8 Å². The molecule has 1 aromatic carbocycles. The smallest absolute Gasteiger partial charge is 0.126 e. The normalized spacial score (nSPS) is 12.8.